The van der Waals surface area contributed by atoms with E-state index in [4.69, 9.17) is 4.74 Å². The second-order valence-electron chi connectivity index (χ2n) is 6.53. The quantitative estimate of drug-likeness (QED) is 0.280. The summed E-state index contributed by atoms with van der Waals surface area (Å²) in [5, 5.41) is 0. The highest BCUT2D eigenvalue weighted by Gasteiger charge is 2.03. The predicted molar refractivity (Wildman–Crippen MR) is 112 cm³/mol. The standard InChI is InChI=1S/C23H32OS/c1-3-5-7-9-10-12-22-17-18-23(25-22)20-13-15-21(16-14-20)24-19-11-8-6-4-2/h8,11,13-18H,3-7,9-10,12,19H2,1-2H3/b11-8+. The van der Waals surface area contributed by atoms with Crippen LogP contribution < -0.4 is 4.74 Å². The summed E-state index contributed by atoms with van der Waals surface area (Å²) in [6.45, 7) is 5.11. The zero-order valence-electron chi connectivity index (χ0n) is 15.8. The Balaban J connectivity index is 1.79. The number of aryl methyl sites for hydroxylation is 1. The van der Waals surface area contributed by atoms with Crippen molar-refractivity contribution in [3.8, 4) is 16.2 Å². The summed E-state index contributed by atoms with van der Waals surface area (Å²) in [4.78, 5) is 2.87. The number of allylic oxidation sites excluding steroid dienone is 1. The van der Waals surface area contributed by atoms with E-state index in [9.17, 15) is 0 Å². The SMILES string of the molecule is CCC/C=C/COc1ccc(-c2ccc(CCCCCCC)s2)cc1. The van der Waals surface area contributed by atoms with E-state index in [1.54, 1.807) is 0 Å². The molecule has 1 aromatic carbocycles. The molecule has 0 fully saturated rings. The molecule has 0 aliphatic heterocycles. The van der Waals surface area contributed by atoms with Crippen LogP contribution in [0.1, 0.15) is 63.7 Å². The van der Waals surface area contributed by atoms with Crippen LogP contribution in [0, 0.1) is 0 Å². The van der Waals surface area contributed by atoms with Crippen LogP contribution in [0.2, 0.25) is 0 Å². The van der Waals surface area contributed by atoms with Gasteiger partial charge < -0.3 is 4.74 Å². The van der Waals surface area contributed by atoms with Crippen molar-refractivity contribution in [2.75, 3.05) is 6.61 Å². The van der Waals surface area contributed by atoms with Crippen molar-refractivity contribution in [3.05, 3.63) is 53.4 Å². The van der Waals surface area contributed by atoms with Gasteiger partial charge in [0.05, 0.1) is 0 Å². The summed E-state index contributed by atoms with van der Waals surface area (Å²) in [5.41, 5.74) is 1.29. The van der Waals surface area contributed by atoms with Gasteiger partial charge in [0.25, 0.3) is 0 Å². The molecule has 0 aliphatic carbocycles. The van der Waals surface area contributed by atoms with Crippen molar-refractivity contribution in [3.63, 3.8) is 0 Å². The average molecular weight is 357 g/mol. The van der Waals surface area contributed by atoms with Crippen LogP contribution in [0.15, 0.2) is 48.6 Å². The van der Waals surface area contributed by atoms with Crippen LogP contribution in [0.5, 0.6) is 5.75 Å². The molecule has 1 nitrogen and oxygen atoms in total. The first-order valence-electron chi connectivity index (χ1n) is 9.80. The molecule has 0 saturated heterocycles. The summed E-state index contributed by atoms with van der Waals surface area (Å²) < 4.78 is 5.75. The van der Waals surface area contributed by atoms with Crippen molar-refractivity contribution in [2.24, 2.45) is 0 Å². The van der Waals surface area contributed by atoms with E-state index < -0.39 is 0 Å². The molecular weight excluding hydrogens is 324 g/mol. The fourth-order valence-corrected chi connectivity index (χ4v) is 3.84. The van der Waals surface area contributed by atoms with Gasteiger partial charge in [-0.1, -0.05) is 58.1 Å². The van der Waals surface area contributed by atoms with Gasteiger partial charge in [0.15, 0.2) is 0 Å². The lowest BCUT2D eigenvalue weighted by molar-refractivity contribution is 0.362. The molecule has 2 heteroatoms. The summed E-state index contributed by atoms with van der Waals surface area (Å²) in [6.07, 6.45) is 14.6. The Kier molecular flexibility index (Phi) is 9.43. The van der Waals surface area contributed by atoms with Gasteiger partial charge >= 0.3 is 0 Å². The fourth-order valence-electron chi connectivity index (χ4n) is 2.78. The number of hydrogen-bond acceptors (Lipinski definition) is 2. The van der Waals surface area contributed by atoms with Crippen molar-refractivity contribution >= 4 is 11.3 Å². The van der Waals surface area contributed by atoms with Crippen LogP contribution in [-0.2, 0) is 6.42 Å². The maximum absolute atomic E-state index is 5.75. The van der Waals surface area contributed by atoms with Crippen LogP contribution in [0.25, 0.3) is 10.4 Å². The number of rotatable bonds is 12. The molecule has 0 bridgehead atoms. The van der Waals surface area contributed by atoms with Gasteiger partial charge in [-0.2, -0.15) is 0 Å². The Bertz CT molecular complexity index is 609. The van der Waals surface area contributed by atoms with E-state index in [0.29, 0.717) is 6.61 Å². The number of ether oxygens (including phenoxy) is 1. The lowest BCUT2D eigenvalue weighted by Gasteiger charge is -2.04. The molecule has 2 aromatic rings. The maximum atomic E-state index is 5.75. The summed E-state index contributed by atoms with van der Waals surface area (Å²) >= 11 is 1.93. The lowest BCUT2D eigenvalue weighted by Crippen LogP contribution is -1.92. The first-order valence-corrected chi connectivity index (χ1v) is 10.6. The van der Waals surface area contributed by atoms with E-state index >= 15 is 0 Å². The largest absolute Gasteiger partial charge is 0.490 e. The van der Waals surface area contributed by atoms with Crippen LogP contribution in [-0.4, -0.2) is 6.61 Å². The van der Waals surface area contributed by atoms with E-state index in [-0.39, 0.29) is 0 Å². The number of hydrogen-bond donors (Lipinski definition) is 0. The number of benzene rings is 1. The van der Waals surface area contributed by atoms with Gasteiger partial charge in [-0.15, -0.1) is 11.3 Å². The molecule has 136 valence electrons. The van der Waals surface area contributed by atoms with E-state index in [1.165, 1.54) is 60.3 Å². The number of unbranched alkanes of at least 4 members (excludes halogenated alkanes) is 5. The first-order chi connectivity index (χ1) is 12.3. The Morgan fingerprint density at radius 3 is 2.40 bits per heavy atom. The summed E-state index contributed by atoms with van der Waals surface area (Å²) in [7, 11) is 0. The molecular formula is C23H32OS. The van der Waals surface area contributed by atoms with Gasteiger partial charge in [-0.3, -0.25) is 0 Å². The summed E-state index contributed by atoms with van der Waals surface area (Å²) in [5.74, 6) is 0.942. The normalized spacial score (nSPS) is 11.3. The monoisotopic (exact) mass is 356 g/mol. The molecule has 1 heterocycles. The molecule has 0 saturated carbocycles. The lowest BCUT2D eigenvalue weighted by atomic mass is 10.1. The molecule has 2 rings (SSSR count). The third-order valence-electron chi connectivity index (χ3n) is 4.30. The molecule has 0 unspecified atom stereocenters. The zero-order valence-corrected chi connectivity index (χ0v) is 16.6. The Morgan fingerprint density at radius 1 is 0.840 bits per heavy atom. The van der Waals surface area contributed by atoms with Gasteiger partial charge in [0.2, 0.25) is 0 Å². The minimum atomic E-state index is 0.653. The van der Waals surface area contributed by atoms with Crippen LogP contribution >= 0.6 is 11.3 Å². The Labute approximate surface area is 157 Å². The molecule has 0 atom stereocenters. The Morgan fingerprint density at radius 2 is 1.64 bits per heavy atom. The third kappa shape index (κ3) is 7.48. The van der Waals surface area contributed by atoms with E-state index in [2.05, 4.69) is 62.4 Å². The molecule has 0 radical (unpaired) electrons. The Hall–Kier alpha value is -1.54. The van der Waals surface area contributed by atoms with E-state index in [1.807, 2.05) is 11.3 Å². The minimum absolute atomic E-state index is 0.653. The highest BCUT2D eigenvalue weighted by Crippen LogP contribution is 2.30. The second kappa shape index (κ2) is 11.9. The highest BCUT2D eigenvalue weighted by molar-refractivity contribution is 7.15. The molecule has 0 spiro atoms. The molecule has 1 aromatic heterocycles. The van der Waals surface area contributed by atoms with Gasteiger partial charge in [-0.05, 0) is 61.2 Å². The summed E-state index contributed by atoms with van der Waals surface area (Å²) in [6, 6.07) is 13.0. The predicted octanol–water partition coefficient (Wildman–Crippen LogP) is 7.66. The molecule has 0 aliphatic rings. The second-order valence-corrected chi connectivity index (χ2v) is 7.69. The van der Waals surface area contributed by atoms with Crippen molar-refractivity contribution in [2.45, 2.75) is 65.2 Å². The maximum Gasteiger partial charge on any atom is 0.119 e. The van der Waals surface area contributed by atoms with Crippen molar-refractivity contribution in [1.82, 2.24) is 0 Å². The van der Waals surface area contributed by atoms with Crippen LogP contribution in [0.4, 0.5) is 0 Å². The molecule has 25 heavy (non-hydrogen) atoms. The topological polar surface area (TPSA) is 9.23 Å². The first kappa shape index (κ1) is 19.8. The van der Waals surface area contributed by atoms with Gasteiger partial charge in [0, 0.05) is 9.75 Å². The van der Waals surface area contributed by atoms with Crippen LogP contribution in [0.3, 0.4) is 0 Å². The smallest absolute Gasteiger partial charge is 0.119 e. The van der Waals surface area contributed by atoms with Gasteiger partial charge in [-0.25, -0.2) is 0 Å². The molecule has 0 amide bonds. The minimum Gasteiger partial charge on any atom is -0.490 e. The molecule has 0 N–H and O–H groups in total. The average Bonchev–Trinajstić information content (AvgIpc) is 3.11. The number of thiophene rings is 1. The van der Waals surface area contributed by atoms with Crippen molar-refractivity contribution < 1.29 is 4.74 Å². The van der Waals surface area contributed by atoms with E-state index in [0.717, 1.165) is 12.2 Å². The van der Waals surface area contributed by atoms with Crippen molar-refractivity contribution in [1.29, 1.82) is 0 Å². The third-order valence-corrected chi connectivity index (χ3v) is 5.49. The highest BCUT2D eigenvalue weighted by atomic mass is 32.1. The zero-order chi connectivity index (χ0) is 17.7. The fraction of sp³-hybridized carbons (Fsp3) is 0.478. The van der Waals surface area contributed by atoms with Gasteiger partial charge in [0.1, 0.15) is 12.4 Å².